The number of aryl methyl sites for hydroxylation is 1. The van der Waals surface area contributed by atoms with Crippen LogP contribution in [-0.4, -0.2) is 29.9 Å². The first kappa shape index (κ1) is 15.0. The number of rotatable bonds is 5. The summed E-state index contributed by atoms with van der Waals surface area (Å²) < 4.78 is 0. The van der Waals surface area contributed by atoms with Gasteiger partial charge in [0.2, 0.25) is 5.91 Å². The first-order valence-electron chi connectivity index (χ1n) is 7.74. The standard InChI is InChI=1S/C17H26N2O/c1-3-10-19(17(20)13(2)12-18)16-9-8-14-6-4-5-7-15(14)11-16/h4-7,13,16H,3,8-12,18H2,1-2H3. The molecule has 0 spiro atoms. The summed E-state index contributed by atoms with van der Waals surface area (Å²) in [5.41, 5.74) is 8.51. The van der Waals surface area contributed by atoms with Crippen LogP contribution in [0.25, 0.3) is 0 Å². The fourth-order valence-corrected chi connectivity index (χ4v) is 3.04. The number of nitrogens with zero attached hydrogens (tertiary/aromatic N) is 1. The molecule has 2 atom stereocenters. The van der Waals surface area contributed by atoms with Crippen molar-refractivity contribution >= 4 is 5.91 Å². The third-order valence-corrected chi connectivity index (χ3v) is 4.28. The smallest absolute Gasteiger partial charge is 0.226 e. The van der Waals surface area contributed by atoms with Crippen LogP contribution in [0.15, 0.2) is 24.3 Å². The number of amides is 1. The second kappa shape index (κ2) is 6.89. The number of carbonyl (C=O) groups is 1. The van der Waals surface area contributed by atoms with Crippen molar-refractivity contribution in [2.75, 3.05) is 13.1 Å². The largest absolute Gasteiger partial charge is 0.339 e. The Morgan fingerprint density at radius 2 is 2.10 bits per heavy atom. The minimum Gasteiger partial charge on any atom is -0.339 e. The molecular formula is C17H26N2O. The zero-order valence-electron chi connectivity index (χ0n) is 12.6. The molecule has 0 saturated heterocycles. The van der Waals surface area contributed by atoms with E-state index < -0.39 is 0 Å². The summed E-state index contributed by atoms with van der Waals surface area (Å²) in [6, 6.07) is 8.94. The Morgan fingerprint density at radius 1 is 1.40 bits per heavy atom. The number of hydrogen-bond donors (Lipinski definition) is 1. The lowest BCUT2D eigenvalue weighted by Gasteiger charge is -2.36. The second-order valence-corrected chi connectivity index (χ2v) is 5.83. The zero-order chi connectivity index (χ0) is 14.5. The molecule has 3 heteroatoms. The predicted octanol–water partition coefficient (Wildman–Crippen LogP) is 2.38. The highest BCUT2D eigenvalue weighted by Crippen LogP contribution is 2.25. The van der Waals surface area contributed by atoms with Crippen LogP contribution in [-0.2, 0) is 17.6 Å². The first-order valence-corrected chi connectivity index (χ1v) is 7.74. The van der Waals surface area contributed by atoms with Crippen LogP contribution in [0.3, 0.4) is 0 Å². The maximum atomic E-state index is 12.5. The Labute approximate surface area is 122 Å². The van der Waals surface area contributed by atoms with Crippen LogP contribution in [0.2, 0.25) is 0 Å². The SMILES string of the molecule is CCCN(C(=O)C(C)CN)C1CCc2ccccc2C1. The highest BCUT2D eigenvalue weighted by molar-refractivity contribution is 5.79. The van der Waals surface area contributed by atoms with E-state index in [1.165, 1.54) is 11.1 Å². The molecule has 2 rings (SSSR count). The van der Waals surface area contributed by atoms with Crippen molar-refractivity contribution in [3.05, 3.63) is 35.4 Å². The van der Waals surface area contributed by atoms with Gasteiger partial charge in [0.25, 0.3) is 0 Å². The Bertz CT molecular complexity index is 458. The van der Waals surface area contributed by atoms with Gasteiger partial charge in [0.1, 0.15) is 0 Å². The minimum absolute atomic E-state index is 0.0706. The Balaban J connectivity index is 2.13. The monoisotopic (exact) mass is 274 g/mol. The van der Waals surface area contributed by atoms with Crippen LogP contribution in [0.5, 0.6) is 0 Å². The summed E-state index contributed by atoms with van der Waals surface area (Å²) in [4.78, 5) is 14.6. The molecule has 1 amide bonds. The van der Waals surface area contributed by atoms with Gasteiger partial charge in [0.15, 0.2) is 0 Å². The first-order chi connectivity index (χ1) is 9.67. The summed E-state index contributed by atoms with van der Waals surface area (Å²) in [6.07, 6.45) is 4.13. The fourth-order valence-electron chi connectivity index (χ4n) is 3.04. The molecule has 0 aliphatic heterocycles. The number of benzene rings is 1. The number of nitrogens with two attached hydrogens (primary N) is 1. The molecule has 0 radical (unpaired) electrons. The lowest BCUT2D eigenvalue weighted by molar-refractivity contribution is -0.137. The Morgan fingerprint density at radius 3 is 2.75 bits per heavy atom. The molecule has 1 aliphatic rings. The molecule has 0 saturated carbocycles. The van der Waals surface area contributed by atoms with E-state index in [-0.39, 0.29) is 11.8 Å². The highest BCUT2D eigenvalue weighted by atomic mass is 16.2. The molecule has 1 aliphatic carbocycles. The molecule has 0 fully saturated rings. The Hall–Kier alpha value is -1.35. The number of hydrogen-bond acceptors (Lipinski definition) is 2. The summed E-state index contributed by atoms with van der Waals surface area (Å²) in [6.45, 7) is 5.34. The predicted molar refractivity (Wildman–Crippen MR) is 82.5 cm³/mol. The van der Waals surface area contributed by atoms with E-state index in [1.54, 1.807) is 0 Å². The second-order valence-electron chi connectivity index (χ2n) is 5.83. The van der Waals surface area contributed by atoms with Crippen molar-refractivity contribution < 1.29 is 4.79 Å². The summed E-state index contributed by atoms with van der Waals surface area (Å²) in [5.74, 6) is 0.150. The number of fused-ring (bicyclic) bond motifs is 1. The molecule has 0 heterocycles. The van der Waals surface area contributed by atoms with Crippen molar-refractivity contribution in [1.82, 2.24) is 4.90 Å². The van der Waals surface area contributed by atoms with Crippen molar-refractivity contribution in [1.29, 1.82) is 0 Å². The van der Waals surface area contributed by atoms with Crippen molar-refractivity contribution in [2.24, 2.45) is 11.7 Å². The van der Waals surface area contributed by atoms with Gasteiger partial charge in [-0.15, -0.1) is 0 Å². The lowest BCUT2D eigenvalue weighted by atomic mass is 9.87. The van der Waals surface area contributed by atoms with E-state index in [0.717, 1.165) is 32.2 Å². The van der Waals surface area contributed by atoms with E-state index in [9.17, 15) is 4.79 Å². The van der Waals surface area contributed by atoms with Gasteiger partial charge in [-0.3, -0.25) is 4.79 Å². The molecular weight excluding hydrogens is 248 g/mol. The average Bonchev–Trinajstić information content (AvgIpc) is 2.50. The third kappa shape index (κ3) is 3.21. The van der Waals surface area contributed by atoms with E-state index in [2.05, 4.69) is 36.1 Å². The van der Waals surface area contributed by atoms with Gasteiger partial charge in [-0.2, -0.15) is 0 Å². The average molecular weight is 274 g/mol. The van der Waals surface area contributed by atoms with Gasteiger partial charge in [0.05, 0.1) is 0 Å². The maximum absolute atomic E-state index is 12.5. The van der Waals surface area contributed by atoms with Crippen molar-refractivity contribution in [3.8, 4) is 0 Å². The van der Waals surface area contributed by atoms with Gasteiger partial charge in [-0.25, -0.2) is 0 Å². The van der Waals surface area contributed by atoms with Crippen LogP contribution < -0.4 is 5.73 Å². The summed E-state index contributed by atoms with van der Waals surface area (Å²) >= 11 is 0. The zero-order valence-corrected chi connectivity index (χ0v) is 12.6. The maximum Gasteiger partial charge on any atom is 0.226 e. The fraction of sp³-hybridized carbons (Fsp3) is 0.588. The molecule has 3 nitrogen and oxygen atoms in total. The van der Waals surface area contributed by atoms with E-state index in [4.69, 9.17) is 5.73 Å². The normalized spacial score (nSPS) is 19.2. The molecule has 2 unspecified atom stereocenters. The van der Waals surface area contributed by atoms with Crippen LogP contribution in [0.1, 0.15) is 37.8 Å². The van der Waals surface area contributed by atoms with E-state index >= 15 is 0 Å². The van der Waals surface area contributed by atoms with Crippen molar-refractivity contribution in [3.63, 3.8) is 0 Å². The molecule has 0 aromatic heterocycles. The topological polar surface area (TPSA) is 46.3 Å². The van der Waals surface area contributed by atoms with Crippen LogP contribution in [0.4, 0.5) is 0 Å². The molecule has 2 N–H and O–H groups in total. The highest BCUT2D eigenvalue weighted by Gasteiger charge is 2.28. The van der Waals surface area contributed by atoms with Crippen molar-refractivity contribution in [2.45, 2.75) is 45.6 Å². The van der Waals surface area contributed by atoms with Gasteiger partial charge in [0, 0.05) is 25.0 Å². The molecule has 1 aromatic rings. The van der Waals surface area contributed by atoms with Crippen LogP contribution in [0, 0.1) is 5.92 Å². The number of carbonyl (C=O) groups excluding carboxylic acids is 1. The molecule has 1 aromatic carbocycles. The third-order valence-electron chi connectivity index (χ3n) is 4.28. The summed E-state index contributed by atoms with van der Waals surface area (Å²) in [5, 5.41) is 0. The quantitative estimate of drug-likeness (QED) is 0.896. The van der Waals surface area contributed by atoms with Gasteiger partial charge in [-0.05, 0) is 36.8 Å². The van der Waals surface area contributed by atoms with E-state index in [0.29, 0.717) is 12.6 Å². The van der Waals surface area contributed by atoms with Gasteiger partial charge >= 0.3 is 0 Å². The van der Waals surface area contributed by atoms with Gasteiger partial charge in [-0.1, -0.05) is 38.1 Å². The minimum atomic E-state index is -0.0706. The molecule has 20 heavy (non-hydrogen) atoms. The summed E-state index contributed by atoms with van der Waals surface area (Å²) in [7, 11) is 0. The Kier molecular flexibility index (Phi) is 5.18. The van der Waals surface area contributed by atoms with Gasteiger partial charge < -0.3 is 10.6 Å². The van der Waals surface area contributed by atoms with Crippen LogP contribution >= 0.6 is 0 Å². The molecule has 0 bridgehead atoms. The lowest BCUT2D eigenvalue weighted by Crippen LogP contribution is -2.47. The molecule has 110 valence electrons. The van der Waals surface area contributed by atoms with E-state index in [1.807, 2.05) is 6.92 Å².